The largest absolute Gasteiger partial charge is 0.324 e. The molecule has 1 fully saturated rings. The minimum absolute atomic E-state index is 0.0277. The first-order valence-corrected chi connectivity index (χ1v) is 9.38. The van der Waals surface area contributed by atoms with Crippen LogP contribution in [0.4, 0.5) is 9.80 Å². The van der Waals surface area contributed by atoms with Crippen LogP contribution in [0.25, 0.3) is 0 Å². The van der Waals surface area contributed by atoms with E-state index in [1.807, 2.05) is 45.5 Å². The number of nitrogens with one attached hydrogen (secondary N) is 1. The molecule has 1 aliphatic heterocycles. The van der Waals surface area contributed by atoms with Crippen molar-refractivity contribution in [2.75, 3.05) is 24.2 Å². The van der Waals surface area contributed by atoms with E-state index >= 15 is 0 Å². The highest BCUT2D eigenvalue weighted by atomic mass is 32.2. The number of hydrogen-bond donors (Lipinski definition) is 1. The molecule has 1 saturated heterocycles. The standard InChI is InChI=1S/C14H16N2OS3/c17-14(15-13-4-2-9-20-13)16-6-5-12(19-10-7-16)11-3-1-8-18-11/h1-4,8-9,12H,5-7,10H2,(H,15,17)/t12-/m0/s1. The number of hydrogen-bond acceptors (Lipinski definition) is 4. The first-order chi connectivity index (χ1) is 9.83. The highest BCUT2D eigenvalue weighted by Crippen LogP contribution is 2.36. The molecule has 2 aromatic heterocycles. The summed E-state index contributed by atoms with van der Waals surface area (Å²) in [5, 5.41) is 8.52. The summed E-state index contributed by atoms with van der Waals surface area (Å²) in [6.45, 7) is 1.65. The molecule has 6 heteroatoms. The average Bonchev–Trinajstić information content (AvgIpc) is 3.09. The van der Waals surface area contributed by atoms with Gasteiger partial charge in [-0.15, -0.1) is 22.7 Å². The average molecular weight is 324 g/mol. The number of amides is 2. The summed E-state index contributed by atoms with van der Waals surface area (Å²) in [5.74, 6) is 1.00. The van der Waals surface area contributed by atoms with Crippen LogP contribution in [0, 0.1) is 0 Å². The lowest BCUT2D eigenvalue weighted by molar-refractivity contribution is 0.215. The van der Waals surface area contributed by atoms with Gasteiger partial charge in [0, 0.05) is 29.0 Å². The van der Waals surface area contributed by atoms with Crippen molar-refractivity contribution in [2.24, 2.45) is 0 Å². The molecule has 3 rings (SSSR count). The Morgan fingerprint density at radius 1 is 1.20 bits per heavy atom. The maximum atomic E-state index is 12.2. The molecule has 2 aromatic rings. The molecular weight excluding hydrogens is 308 g/mol. The molecule has 20 heavy (non-hydrogen) atoms. The normalized spacial score (nSPS) is 19.6. The summed E-state index contributed by atoms with van der Waals surface area (Å²) >= 11 is 5.33. The molecule has 1 atom stereocenters. The minimum atomic E-state index is 0.0277. The SMILES string of the molecule is O=C(Nc1cccs1)N1CCS[C@H](c2cccs2)CC1. The number of anilines is 1. The zero-order chi connectivity index (χ0) is 13.8. The van der Waals surface area contributed by atoms with Gasteiger partial charge in [-0.3, -0.25) is 5.32 Å². The number of carbonyl (C=O) groups excluding carboxylic acids is 1. The van der Waals surface area contributed by atoms with Crippen LogP contribution >= 0.6 is 34.4 Å². The third-order valence-electron chi connectivity index (χ3n) is 3.24. The van der Waals surface area contributed by atoms with Gasteiger partial charge in [0.1, 0.15) is 0 Å². The second-order valence-electron chi connectivity index (χ2n) is 4.56. The van der Waals surface area contributed by atoms with Crippen LogP contribution in [-0.4, -0.2) is 29.8 Å². The Balaban J connectivity index is 1.58. The van der Waals surface area contributed by atoms with Gasteiger partial charge in [-0.1, -0.05) is 6.07 Å². The van der Waals surface area contributed by atoms with Crippen LogP contribution in [-0.2, 0) is 0 Å². The molecule has 3 nitrogen and oxygen atoms in total. The van der Waals surface area contributed by atoms with Gasteiger partial charge in [-0.05, 0) is 35.4 Å². The second kappa shape index (κ2) is 6.65. The number of nitrogens with zero attached hydrogens (tertiary/aromatic N) is 1. The second-order valence-corrected chi connectivity index (χ2v) is 7.80. The number of rotatable bonds is 2. The van der Waals surface area contributed by atoms with Crippen molar-refractivity contribution in [3.63, 3.8) is 0 Å². The molecule has 0 aliphatic carbocycles. The third-order valence-corrected chi connectivity index (χ3v) is 6.47. The maximum absolute atomic E-state index is 12.2. The quantitative estimate of drug-likeness (QED) is 0.881. The summed E-state index contributed by atoms with van der Waals surface area (Å²) in [4.78, 5) is 15.6. The van der Waals surface area contributed by atoms with Gasteiger partial charge in [0.05, 0.1) is 5.00 Å². The topological polar surface area (TPSA) is 32.3 Å². The highest BCUT2D eigenvalue weighted by molar-refractivity contribution is 7.99. The Bertz CT molecular complexity index is 539. The lowest BCUT2D eigenvalue weighted by Crippen LogP contribution is -2.36. The van der Waals surface area contributed by atoms with E-state index in [4.69, 9.17) is 0 Å². The Hall–Kier alpha value is -0.980. The predicted molar refractivity (Wildman–Crippen MR) is 89.0 cm³/mol. The van der Waals surface area contributed by atoms with Crippen molar-refractivity contribution >= 4 is 45.5 Å². The number of urea groups is 1. The number of thioether (sulfide) groups is 1. The molecule has 0 bridgehead atoms. The third kappa shape index (κ3) is 3.37. The molecule has 1 N–H and O–H groups in total. The molecular formula is C14H16N2OS3. The summed E-state index contributed by atoms with van der Waals surface area (Å²) in [7, 11) is 0. The molecule has 0 radical (unpaired) electrons. The Labute approximate surface area is 131 Å². The molecule has 2 amide bonds. The zero-order valence-corrected chi connectivity index (χ0v) is 13.4. The Morgan fingerprint density at radius 3 is 2.80 bits per heavy atom. The number of carbonyl (C=O) groups is 1. The van der Waals surface area contributed by atoms with E-state index in [0.717, 1.165) is 30.3 Å². The van der Waals surface area contributed by atoms with Gasteiger partial charge in [0.2, 0.25) is 0 Å². The highest BCUT2D eigenvalue weighted by Gasteiger charge is 2.22. The van der Waals surface area contributed by atoms with Gasteiger partial charge >= 0.3 is 6.03 Å². The smallest absolute Gasteiger partial charge is 0.322 e. The molecule has 0 unspecified atom stereocenters. The van der Waals surface area contributed by atoms with Crippen LogP contribution in [0.2, 0.25) is 0 Å². The van der Waals surface area contributed by atoms with E-state index in [1.54, 1.807) is 11.3 Å². The van der Waals surface area contributed by atoms with Gasteiger partial charge in [-0.2, -0.15) is 11.8 Å². The fourth-order valence-electron chi connectivity index (χ4n) is 2.21. The predicted octanol–water partition coefficient (Wildman–Crippen LogP) is 4.52. The first kappa shape index (κ1) is 14.0. The van der Waals surface area contributed by atoms with Gasteiger partial charge in [-0.25, -0.2) is 4.79 Å². The van der Waals surface area contributed by atoms with Crippen LogP contribution in [0.1, 0.15) is 16.5 Å². The molecule has 3 heterocycles. The first-order valence-electron chi connectivity index (χ1n) is 6.57. The van der Waals surface area contributed by atoms with Crippen molar-refractivity contribution in [1.29, 1.82) is 0 Å². The van der Waals surface area contributed by atoms with Crippen LogP contribution in [0.5, 0.6) is 0 Å². The molecule has 1 aliphatic rings. The lowest BCUT2D eigenvalue weighted by Gasteiger charge is -2.20. The summed E-state index contributed by atoms with van der Waals surface area (Å²) in [6.07, 6.45) is 1.03. The van der Waals surface area contributed by atoms with Gasteiger partial charge in [0.15, 0.2) is 0 Å². The van der Waals surface area contributed by atoms with Crippen LogP contribution in [0.3, 0.4) is 0 Å². The Kier molecular flexibility index (Phi) is 4.65. The van der Waals surface area contributed by atoms with E-state index in [9.17, 15) is 4.79 Å². The van der Waals surface area contributed by atoms with Crippen LogP contribution in [0.15, 0.2) is 35.0 Å². The van der Waals surface area contributed by atoms with E-state index in [-0.39, 0.29) is 6.03 Å². The fourth-order valence-corrected chi connectivity index (χ4v) is 5.05. The summed E-state index contributed by atoms with van der Waals surface area (Å²) in [5.41, 5.74) is 0. The maximum Gasteiger partial charge on any atom is 0.322 e. The van der Waals surface area contributed by atoms with Crippen molar-refractivity contribution in [3.8, 4) is 0 Å². The van der Waals surface area contributed by atoms with E-state index < -0.39 is 0 Å². The minimum Gasteiger partial charge on any atom is -0.324 e. The molecule has 0 aromatic carbocycles. The van der Waals surface area contributed by atoms with Crippen LogP contribution < -0.4 is 5.32 Å². The monoisotopic (exact) mass is 324 g/mol. The Morgan fingerprint density at radius 2 is 2.05 bits per heavy atom. The summed E-state index contributed by atoms with van der Waals surface area (Å²) < 4.78 is 0. The van der Waals surface area contributed by atoms with Crippen molar-refractivity contribution in [3.05, 3.63) is 39.9 Å². The van der Waals surface area contributed by atoms with Crippen molar-refractivity contribution in [1.82, 2.24) is 4.90 Å². The zero-order valence-electron chi connectivity index (χ0n) is 11.0. The fraction of sp³-hybridized carbons (Fsp3) is 0.357. The molecule has 0 saturated carbocycles. The summed E-state index contributed by atoms with van der Waals surface area (Å²) in [6, 6.07) is 8.21. The van der Waals surface area contributed by atoms with Crippen molar-refractivity contribution < 1.29 is 4.79 Å². The molecule has 0 spiro atoms. The number of thiophene rings is 2. The van der Waals surface area contributed by atoms with Gasteiger partial charge < -0.3 is 4.90 Å². The lowest BCUT2D eigenvalue weighted by atomic mass is 10.2. The van der Waals surface area contributed by atoms with E-state index in [2.05, 4.69) is 22.8 Å². The van der Waals surface area contributed by atoms with E-state index in [0.29, 0.717) is 5.25 Å². The van der Waals surface area contributed by atoms with E-state index in [1.165, 1.54) is 4.88 Å². The molecule has 106 valence electrons. The van der Waals surface area contributed by atoms with Gasteiger partial charge in [0.25, 0.3) is 0 Å². The van der Waals surface area contributed by atoms with Crippen molar-refractivity contribution in [2.45, 2.75) is 11.7 Å².